The Kier molecular flexibility index (Phi) is 5.61. The lowest BCUT2D eigenvalue weighted by atomic mass is 10.1. The van der Waals surface area contributed by atoms with E-state index >= 15 is 0 Å². The Morgan fingerprint density at radius 3 is 2.35 bits per heavy atom. The van der Waals surface area contributed by atoms with Crippen molar-refractivity contribution in [3.63, 3.8) is 0 Å². The molecule has 0 atom stereocenters. The summed E-state index contributed by atoms with van der Waals surface area (Å²) in [5.74, 6) is 0.293. The predicted molar refractivity (Wildman–Crippen MR) is 110 cm³/mol. The van der Waals surface area contributed by atoms with Gasteiger partial charge >= 0.3 is 5.69 Å². The third-order valence-corrected chi connectivity index (χ3v) is 4.48. The van der Waals surface area contributed by atoms with Gasteiger partial charge in [-0.05, 0) is 64.9 Å². The fourth-order valence-electron chi connectivity index (χ4n) is 2.48. The number of hydrogen-bond acceptors (Lipinski definition) is 6. The molecule has 2 N–H and O–H groups in total. The lowest BCUT2D eigenvalue weighted by molar-refractivity contribution is -0.383. The van der Waals surface area contributed by atoms with Gasteiger partial charge in [-0.3, -0.25) is 10.1 Å². The molecule has 8 heteroatoms. The molecule has 2 aromatic carbocycles. The Labute approximate surface area is 164 Å². The zero-order chi connectivity index (χ0) is 18.5. The number of nitrogens with one attached hydrogen (secondary N) is 2. The highest BCUT2D eigenvalue weighted by Gasteiger charge is 2.23. The highest BCUT2D eigenvalue weighted by atomic mass is 127. The maximum Gasteiger partial charge on any atom is 0.353 e. The summed E-state index contributed by atoms with van der Waals surface area (Å²) in [6.07, 6.45) is 2.11. The number of rotatable bonds is 6. The number of aromatic nitrogens is 2. The van der Waals surface area contributed by atoms with Crippen molar-refractivity contribution in [2.45, 2.75) is 13.3 Å². The molecule has 0 saturated heterocycles. The summed E-state index contributed by atoms with van der Waals surface area (Å²) in [7, 11) is 0. The molecule has 1 aromatic heterocycles. The van der Waals surface area contributed by atoms with Crippen LogP contribution >= 0.6 is 22.6 Å². The minimum absolute atomic E-state index is 0.141. The van der Waals surface area contributed by atoms with E-state index in [4.69, 9.17) is 0 Å². The van der Waals surface area contributed by atoms with Gasteiger partial charge in [-0.25, -0.2) is 9.97 Å². The summed E-state index contributed by atoms with van der Waals surface area (Å²) < 4.78 is 1.07. The molecule has 7 nitrogen and oxygen atoms in total. The summed E-state index contributed by atoms with van der Waals surface area (Å²) in [6, 6.07) is 15.2. The van der Waals surface area contributed by atoms with Gasteiger partial charge < -0.3 is 10.6 Å². The van der Waals surface area contributed by atoms with Crippen molar-refractivity contribution < 1.29 is 4.92 Å². The van der Waals surface area contributed by atoms with Crippen LogP contribution in [-0.2, 0) is 6.42 Å². The number of nitrogens with zero attached hydrogens (tertiary/aromatic N) is 3. The summed E-state index contributed by atoms with van der Waals surface area (Å²) in [4.78, 5) is 19.3. The summed E-state index contributed by atoms with van der Waals surface area (Å²) >= 11 is 2.20. The first-order chi connectivity index (χ1) is 12.6. The van der Waals surface area contributed by atoms with Gasteiger partial charge in [0.15, 0.2) is 0 Å². The molecule has 0 fully saturated rings. The van der Waals surface area contributed by atoms with Crippen LogP contribution in [0.15, 0.2) is 54.9 Å². The third kappa shape index (κ3) is 4.07. The smallest absolute Gasteiger partial charge is 0.334 e. The number of benzene rings is 2. The first kappa shape index (κ1) is 18.1. The molecule has 3 aromatic rings. The first-order valence-corrected chi connectivity index (χ1v) is 9.03. The van der Waals surface area contributed by atoms with Crippen molar-refractivity contribution in [2.24, 2.45) is 0 Å². The molecule has 0 aliphatic carbocycles. The Bertz CT molecular complexity index is 931. The van der Waals surface area contributed by atoms with E-state index in [1.165, 1.54) is 6.33 Å². The fraction of sp³-hybridized carbons (Fsp3) is 0.111. The van der Waals surface area contributed by atoms with Gasteiger partial charge in [0.25, 0.3) is 0 Å². The molecule has 0 bridgehead atoms. The Hall–Kier alpha value is -2.75. The molecule has 26 heavy (non-hydrogen) atoms. The van der Waals surface area contributed by atoms with E-state index in [1.54, 1.807) is 0 Å². The van der Waals surface area contributed by atoms with E-state index in [9.17, 15) is 10.1 Å². The lowest BCUT2D eigenvalue weighted by Crippen LogP contribution is -2.06. The maximum atomic E-state index is 11.7. The predicted octanol–water partition coefficient (Wildman–Crippen LogP) is 5.04. The normalized spacial score (nSPS) is 10.4. The van der Waals surface area contributed by atoms with E-state index in [2.05, 4.69) is 43.2 Å². The van der Waals surface area contributed by atoms with Gasteiger partial charge in [0.2, 0.25) is 11.6 Å². The van der Waals surface area contributed by atoms with Crippen molar-refractivity contribution in [2.75, 3.05) is 10.6 Å². The lowest BCUT2D eigenvalue weighted by Gasteiger charge is -2.12. The fourth-order valence-corrected chi connectivity index (χ4v) is 2.84. The molecule has 0 unspecified atom stereocenters. The number of halogens is 1. The molecule has 0 aliphatic heterocycles. The van der Waals surface area contributed by atoms with Gasteiger partial charge in [-0.1, -0.05) is 25.1 Å². The Balaban J connectivity index is 1.98. The van der Waals surface area contributed by atoms with Crippen molar-refractivity contribution in [1.82, 2.24) is 9.97 Å². The van der Waals surface area contributed by atoms with E-state index in [0.717, 1.165) is 21.2 Å². The van der Waals surface area contributed by atoms with E-state index < -0.39 is 4.92 Å². The van der Waals surface area contributed by atoms with Crippen LogP contribution in [0.3, 0.4) is 0 Å². The quantitative estimate of drug-likeness (QED) is 0.304. The second-order valence-electron chi connectivity index (χ2n) is 5.44. The largest absolute Gasteiger partial charge is 0.353 e. The Morgan fingerprint density at radius 1 is 1.04 bits per heavy atom. The molecule has 3 rings (SSSR count). The summed E-state index contributed by atoms with van der Waals surface area (Å²) in [5.41, 5.74) is 2.36. The van der Waals surface area contributed by atoms with Crippen LogP contribution < -0.4 is 10.6 Å². The van der Waals surface area contributed by atoms with Crippen LogP contribution in [0.25, 0.3) is 0 Å². The van der Waals surface area contributed by atoms with Crippen LogP contribution in [0, 0.1) is 13.7 Å². The standard InChI is InChI=1S/C18H16IN5O2/c1-2-12-5-3-4-6-15(12)23-18-16(24(25)26)17(20-11-21-18)22-14-9-7-13(19)8-10-14/h3-11H,2H2,1H3,(H2,20,21,22,23). The first-order valence-electron chi connectivity index (χ1n) is 7.95. The Morgan fingerprint density at radius 2 is 1.69 bits per heavy atom. The van der Waals surface area contributed by atoms with Gasteiger partial charge in [0.1, 0.15) is 6.33 Å². The van der Waals surface area contributed by atoms with Crippen molar-refractivity contribution in [1.29, 1.82) is 0 Å². The zero-order valence-electron chi connectivity index (χ0n) is 13.9. The number of nitro groups is 1. The number of para-hydroxylation sites is 1. The molecular weight excluding hydrogens is 445 g/mol. The topological polar surface area (TPSA) is 93.0 Å². The van der Waals surface area contributed by atoms with Crippen molar-refractivity contribution >= 4 is 51.3 Å². The van der Waals surface area contributed by atoms with Crippen LogP contribution in [0.2, 0.25) is 0 Å². The van der Waals surface area contributed by atoms with Crippen molar-refractivity contribution in [3.05, 3.63) is 74.1 Å². The van der Waals surface area contributed by atoms with Gasteiger partial charge in [-0.2, -0.15) is 0 Å². The van der Waals surface area contributed by atoms with E-state index in [1.807, 2.05) is 55.5 Å². The monoisotopic (exact) mass is 461 g/mol. The average molecular weight is 461 g/mol. The molecule has 0 saturated carbocycles. The van der Waals surface area contributed by atoms with E-state index in [0.29, 0.717) is 5.69 Å². The summed E-state index contributed by atoms with van der Waals surface area (Å²) in [6.45, 7) is 2.03. The highest BCUT2D eigenvalue weighted by Crippen LogP contribution is 2.33. The molecule has 0 amide bonds. The molecule has 0 aliphatic rings. The van der Waals surface area contributed by atoms with Crippen LogP contribution in [0.4, 0.5) is 28.7 Å². The SMILES string of the molecule is CCc1ccccc1Nc1ncnc(Nc2ccc(I)cc2)c1[N+](=O)[O-]. The number of anilines is 4. The van der Waals surface area contributed by atoms with Gasteiger partial charge in [0.05, 0.1) is 4.92 Å². The third-order valence-electron chi connectivity index (χ3n) is 3.76. The molecule has 1 heterocycles. The molecule has 132 valence electrons. The summed E-state index contributed by atoms with van der Waals surface area (Å²) in [5, 5.41) is 17.8. The number of hydrogen-bond donors (Lipinski definition) is 2. The molecular formula is C18H16IN5O2. The van der Waals surface area contributed by atoms with Gasteiger partial charge in [0, 0.05) is 14.9 Å². The van der Waals surface area contributed by atoms with Crippen molar-refractivity contribution in [3.8, 4) is 0 Å². The number of aryl methyl sites for hydroxylation is 1. The second-order valence-corrected chi connectivity index (χ2v) is 6.69. The van der Waals surface area contributed by atoms with Gasteiger partial charge in [-0.15, -0.1) is 0 Å². The van der Waals surface area contributed by atoms with Crippen LogP contribution in [-0.4, -0.2) is 14.9 Å². The highest BCUT2D eigenvalue weighted by molar-refractivity contribution is 14.1. The second kappa shape index (κ2) is 8.09. The molecule has 0 spiro atoms. The van der Waals surface area contributed by atoms with Crippen LogP contribution in [0.1, 0.15) is 12.5 Å². The maximum absolute atomic E-state index is 11.7. The zero-order valence-corrected chi connectivity index (χ0v) is 16.1. The molecule has 0 radical (unpaired) electrons. The minimum Gasteiger partial charge on any atom is -0.334 e. The van der Waals surface area contributed by atoms with Crippen LogP contribution in [0.5, 0.6) is 0 Å². The minimum atomic E-state index is -0.480. The van der Waals surface area contributed by atoms with E-state index in [-0.39, 0.29) is 17.3 Å². The average Bonchev–Trinajstić information content (AvgIpc) is 2.64.